The fourth-order valence-electron chi connectivity index (χ4n) is 3.12. The van der Waals surface area contributed by atoms with Gasteiger partial charge in [0.15, 0.2) is 0 Å². The molecule has 0 N–H and O–H groups in total. The molecule has 0 spiro atoms. The van der Waals surface area contributed by atoms with Gasteiger partial charge in [-0.05, 0) is 52.4 Å². The normalized spacial score (nSPS) is 13.2. The zero-order valence-electron chi connectivity index (χ0n) is 18.4. The highest BCUT2D eigenvalue weighted by Crippen LogP contribution is 2.12. The first-order valence-electron chi connectivity index (χ1n) is 11.4. The summed E-state index contributed by atoms with van der Waals surface area (Å²) in [4.78, 5) is 23.6. The smallest absolute Gasteiger partial charge is 0.306 e. The highest BCUT2D eigenvalue weighted by Gasteiger charge is 2.10. The summed E-state index contributed by atoms with van der Waals surface area (Å²) in [7, 11) is 0. The lowest BCUT2D eigenvalue weighted by molar-refractivity contribution is -0.149. The van der Waals surface area contributed by atoms with Gasteiger partial charge in [-0.3, -0.25) is 9.59 Å². The van der Waals surface area contributed by atoms with Gasteiger partial charge in [0.05, 0.1) is 12.2 Å². The lowest BCUT2D eigenvalue weighted by Gasteiger charge is -2.13. The zero-order chi connectivity index (χ0) is 20.3. The largest absolute Gasteiger partial charge is 0.463 e. The molecular formula is C23H44O4. The van der Waals surface area contributed by atoms with Crippen LogP contribution < -0.4 is 0 Å². The predicted octanol–water partition coefficient (Wildman–Crippen LogP) is 6.74. The number of carbonyl (C=O) groups is 2. The molecule has 0 aromatic heterocycles. The standard InChI is InChI=1S/C23H44O4/c1-5-7-12-16-20(3)26-22(24)18-14-10-9-11-15-19-23(25)27-21(4)17-13-8-6-2/h20-21H,5-19H2,1-4H3. The van der Waals surface area contributed by atoms with Gasteiger partial charge in [-0.2, -0.15) is 0 Å². The number of esters is 2. The molecule has 0 fully saturated rings. The highest BCUT2D eigenvalue weighted by molar-refractivity contribution is 5.69. The Bertz CT molecular complexity index is 333. The molecule has 0 aliphatic carbocycles. The van der Waals surface area contributed by atoms with Crippen LogP contribution >= 0.6 is 0 Å². The van der Waals surface area contributed by atoms with E-state index in [0.29, 0.717) is 12.8 Å². The molecule has 4 nitrogen and oxygen atoms in total. The molecule has 27 heavy (non-hydrogen) atoms. The molecule has 160 valence electrons. The van der Waals surface area contributed by atoms with Gasteiger partial charge in [-0.15, -0.1) is 0 Å². The van der Waals surface area contributed by atoms with E-state index in [-0.39, 0.29) is 24.1 Å². The van der Waals surface area contributed by atoms with E-state index in [1.807, 2.05) is 13.8 Å². The summed E-state index contributed by atoms with van der Waals surface area (Å²) < 4.78 is 10.9. The average Bonchev–Trinajstić information content (AvgIpc) is 2.61. The number of carbonyl (C=O) groups excluding carboxylic acids is 2. The first-order chi connectivity index (χ1) is 13.0. The van der Waals surface area contributed by atoms with Crippen LogP contribution in [0.3, 0.4) is 0 Å². The Morgan fingerprint density at radius 1 is 0.593 bits per heavy atom. The van der Waals surface area contributed by atoms with E-state index in [9.17, 15) is 9.59 Å². The van der Waals surface area contributed by atoms with Crippen LogP contribution in [-0.2, 0) is 19.1 Å². The molecule has 0 rings (SSSR count). The van der Waals surface area contributed by atoms with Crippen molar-refractivity contribution < 1.29 is 19.1 Å². The summed E-state index contributed by atoms with van der Waals surface area (Å²) in [5.74, 6) is -0.140. The molecule has 0 aliphatic rings. The molecule has 2 atom stereocenters. The van der Waals surface area contributed by atoms with Crippen molar-refractivity contribution in [2.45, 2.75) is 136 Å². The van der Waals surface area contributed by atoms with E-state index < -0.39 is 0 Å². The summed E-state index contributed by atoms with van der Waals surface area (Å²) in [5, 5.41) is 0. The minimum absolute atomic E-state index is 0.0411. The van der Waals surface area contributed by atoms with Crippen LogP contribution in [0.5, 0.6) is 0 Å². The van der Waals surface area contributed by atoms with E-state index in [0.717, 1.165) is 57.8 Å². The molecule has 0 amide bonds. The van der Waals surface area contributed by atoms with Gasteiger partial charge in [0.1, 0.15) is 0 Å². The molecule has 0 aromatic carbocycles. The lowest BCUT2D eigenvalue weighted by atomic mass is 10.1. The molecule has 0 saturated heterocycles. The van der Waals surface area contributed by atoms with Crippen LogP contribution in [0.15, 0.2) is 0 Å². The molecule has 0 saturated carbocycles. The van der Waals surface area contributed by atoms with Crippen molar-refractivity contribution in [3.63, 3.8) is 0 Å². The Kier molecular flexibility index (Phi) is 17.6. The minimum atomic E-state index is -0.0698. The number of rotatable bonds is 18. The average molecular weight is 385 g/mol. The third-order valence-corrected chi connectivity index (χ3v) is 4.86. The van der Waals surface area contributed by atoms with Gasteiger partial charge in [-0.1, -0.05) is 58.8 Å². The van der Waals surface area contributed by atoms with Gasteiger partial charge in [0.2, 0.25) is 0 Å². The molecule has 0 radical (unpaired) electrons. The molecule has 0 heterocycles. The van der Waals surface area contributed by atoms with E-state index in [1.165, 1.54) is 25.7 Å². The SMILES string of the molecule is CCCCCC(C)OC(=O)CCCCCCCC(=O)OC(C)CCCCC. The summed E-state index contributed by atoms with van der Waals surface area (Å²) in [6.07, 6.45) is 14.9. The Morgan fingerprint density at radius 2 is 0.963 bits per heavy atom. The maximum absolute atomic E-state index is 11.8. The van der Waals surface area contributed by atoms with Crippen molar-refractivity contribution in [3.8, 4) is 0 Å². The Morgan fingerprint density at radius 3 is 1.33 bits per heavy atom. The second-order valence-electron chi connectivity index (χ2n) is 7.86. The first-order valence-corrected chi connectivity index (χ1v) is 11.4. The lowest BCUT2D eigenvalue weighted by Crippen LogP contribution is -2.14. The Hall–Kier alpha value is -1.06. The van der Waals surface area contributed by atoms with Crippen LogP contribution in [0.1, 0.15) is 124 Å². The Balaban J connectivity index is 3.50. The van der Waals surface area contributed by atoms with Crippen LogP contribution in [0.2, 0.25) is 0 Å². The number of ether oxygens (including phenoxy) is 2. The maximum atomic E-state index is 11.8. The van der Waals surface area contributed by atoms with Crippen molar-refractivity contribution in [2.24, 2.45) is 0 Å². The molecular weight excluding hydrogens is 340 g/mol. The molecule has 0 aliphatic heterocycles. The summed E-state index contributed by atoms with van der Waals surface area (Å²) in [6.45, 7) is 8.32. The van der Waals surface area contributed by atoms with Crippen molar-refractivity contribution in [3.05, 3.63) is 0 Å². The molecule has 0 aromatic rings. The number of unbranched alkanes of at least 4 members (excludes halogenated alkanes) is 8. The Labute approximate surface area is 167 Å². The van der Waals surface area contributed by atoms with Gasteiger partial charge in [0.25, 0.3) is 0 Å². The second-order valence-corrected chi connectivity index (χ2v) is 7.86. The summed E-state index contributed by atoms with van der Waals surface area (Å²) in [5.41, 5.74) is 0. The third-order valence-electron chi connectivity index (χ3n) is 4.86. The van der Waals surface area contributed by atoms with Crippen molar-refractivity contribution in [1.29, 1.82) is 0 Å². The molecule has 4 heteroatoms. The molecule has 0 bridgehead atoms. The second kappa shape index (κ2) is 18.3. The van der Waals surface area contributed by atoms with Crippen LogP contribution in [-0.4, -0.2) is 24.1 Å². The fourth-order valence-corrected chi connectivity index (χ4v) is 3.12. The molecule has 2 unspecified atom stereocenters. The van der Waals surface area contributed by atoms with Crippen molar-refractivity contribution in [1.82, 2.24) is 0 Å². The van der Waals surface area contributed by atoms with Crippen LogP contribution in [0, 0.1) is 0 Å². The fraction of sp³-hybridized carbons (Fsp3) is 0.913. The van der Waals surface area contributed by atoms with Crippen molar-refractivity contribution in [2.75, 3.05) is 0 Å². The quantitative estimate of drug-likeness (QED) is 0.194. The number of hydrogen-bond donors (Lipinski definition) is 0. The van der Waals surface area contributed by atoms with Gasteiger partial charge < -0.3 is 9.47 Å². The minimum Gasteiger partial charge on any atom is -0.463 e. The van der Waals surface area contributed by atoms with Crippen molar-refractivity contribution >= 4 is 11.9 Å². The summed E-state index contributed by atoms with van der Waals surface area (Å²) >= 11 is 0. The van der Waals surface area contributed by atoms with E-state index in [1.54, 1.807) is 0 Å². The van der Waals surface area contributed by atoms with Gasteiger partial charge in [-0.25, -0.2) is 0 Å². The van der Waals surface area contributed by atoms with Gasteiger partial charge >= 0.3 is 11.9 Å². The van der Waals surface area contributed by atoms with Crippen LogP contribution in [0.25, 0.3) is 0 Å². The zero-order valence-corrected chi connectivity index (χ0v) is 18.4. The first kappa shape index (κ1) is 25.9. The summed E-state index contributed by atoms with van der Waals surface area (Å²) in [6, 6.07) is 0. The third kappa shape index (κ3) is 18.1. The topological polar surface area (TPSA) is 52.6 Å². The van der Waals surface area contributed by atoms with Gasteiger partial charge in [0, 0.05) is 12.8 Å². The van der Waals surface area contributed by atoms with Crippen LogP contribution in [0.4, 0.5) is 0 Å². The monoisotopic (exact) mass is 384 g/mol. The van der Waals surface area contributed by atoms with E-state index in [2.05, 4.69) is 13.8 Å². The maximum Gasteiger partial charge on any atom is 0.306 e. The highest BCUT2D eigenvalue weighted by atomic mass is 16.5. The predicted molar refractivity (Wildman–Crippen MR) is 112 cm³/mol. The van der Waals surface area contributed by atoms with E-state index >= 15 is 0 Å². The number of hydrogen-bond acceptors (Lipinski definition) is 4. The van der Waals surface area contributed by atoms with E-state index in [4.69, 9.17) is 9.47 Å².